The topological polar surface area (TPSA) is 78.7 Å². The normalized spacial score (nSPS) is 16.7. The number of ether oxygens (including phenoxy) is 3. The molecule has 1 aromatic carbocycles. The molecule has 1 saturated heterocycles. The van der Waals surface area contributed by atoms with E-state index in [0.717, 1.165) is 34.9 Å². The van der Waals surface area contributed by atoms with Crippen LogP contribution in [0.4, 0.5) is 0 Å². The van der Waals surface area contributed by atoms with Crippen LogP contribution in [0.15, 0.2) is 17.3 Å². The van der Waals surface area contributed by atoms with Crippen molar-refractivity contribution >= 4 is 17.7 Å². The molecule has 1 amide bonds. The largest absolute Gasteiger partial charge is 0.490 e. The predicted octanol–water partition coefficient (Wildman–Crippen LogP) is 1.90. The molecule has 0 aliphatic carbocycles. The van der Waals surface area contributed by atoms with Gasteiger partial charge in [0, 0.05) is 32.1 Å². The zero-order chi connectivity index (χ0) is 19.5. The fourth-order valence-corrected chi connectivity index (χ4v) is 4.07. The zero-order valence-electron chi connectivity index (χ0n) is 16.1. The minimum atomic E-state index is 0.101. The Morgan fingerprint density at radius 3 is 2.57 bits per heavy atom. The number of aromatic nitrogens is 3. The summed E-state index contributed by atoms with van der Waals surface area (Å²) >= 11 is 1.40. The van der Waals surface area contributed by atoms with E-state index >= 15 is 0 Å². The number of thioether (sulfide) groups is 1. The van der Waals surface area contributed by atoms with Crippen molar-refractivity contribution in [3.63, 3.8) is 0 Å². The van der Waals surface area contributed by atoms with Gasteiger partial charge in [-0.05, 0) is 24.6 Å². The van der Waals surface area contributed by atoms with Crippen LogP contribution in [0, 0.1) is 6.92 Å². The van der Waals surface area contributed by atoms with Crippen molar-refractivity contribution in [2.45, 2.75) is 18.5 Å². The van der Waals surface area contributed by atoms with Crippen LogP contribution in [-0.4, -0.2) is 70.8 Å². The van der Waals surface area contributed by atoms with Crippen LogP contribution in [0.5, 0.6) is 11.5 Å². The van der Waals surface area contributed by atoms with Gasteiger partial charge in [0.1, 0.15) is 0 Å². The number of morpholine rings is 1. The summed E-state index contributed by atoms with van der Waals surface area (Å²) in [6.45, 7) is 5.83. The maximum absolute atomic E-state index is 12.4. The maximum Gasteiger partial charge on any atom is 0.233 e. The van der Waals surface area contributed by atoms with Crippen molar-refractivity contribution in [3.05, 3.63) is 17.7 Å². The van der Waals surface area contributed by atoms with Gasteiger partial charge in [-0.3, -0.25) is 4.79 Å². The molecule has 0 atom stereocenters. The van der Waals surface area contributed by atoms with E-state index in [2.05, 4.69) is 10.2 Å². The highest BCUT2D eigenvalue weighted by atomic mass is 32.2. The van der Waals surface area contributed by atoms with E-state index in [-0.39, 0.29) is 5.91 Å². The van der Waals surface area contributed by atoms with Gasteiger partial charge in [-0.1, -0.05) is 11.8 Å². The van der Waals surface area contributed by atoms with Gasteiger partial charge in [-0.15, -0.1) is 10.2 Å². The Labute approximate surface area is 168 Å². The minimum Gasteiger partial charge on any atom is -0.490 e. The molecule has 150 valence electrons. The van der Waals surface area contributed by atoms with Crippen molar-refractivity contribution < 1.29 is 19.0 Å². The smallest absolute Gasteiger partial charge is 0.233 e. The molecule has 28 heavy (non-hydrogen) atoms. The molecule has 4 rings (SSSR count). The number of carbonyl (C=O) groups excluding carboxylic acids is 1. The average Bonchev–Trinajstić information content (AvgIpc) is 2.92. The Morgan fingerprint density at radius 1 is 1.11 bits per heavy atom. The average molecular weight is 404 g/mol. The van der Waals surface area contributed by atoms with E-state index < -0.39 is 0 Å². The summed E-state index contributed by atoms with van der Waals surface area (Å²) in [5.41, 5.74) is 1.99. The molecule has 0 radical (unpaired) electrons. The van der Waals surface area contributed by atoms with Crippen molar-refractivity contribution in [1.82, 2.24) is 19.7 Å². The SMILES string of the molecule is Cc1cc2c(cc1-c1nnc(SCC(=O)N3CCOCC3)n1C)OCCCO2. The Hall–Kier alpha value is -2.26. The summed E-state index contributed by atoms with van der Waals surface area (Å²) in [7, 11) is 1.92. The van der Waals surface area contributed by atoms with Crippen molar-refractivity contribution in [2.24, 2.45) is 7.05 Å². The molecule has 2 aliphatic heterocycles. The number of aryl methyl sites for hydroxylation is 1. The fraction of sp³-hybridized carbons (Fsp3) is 0.526. The predicted molar refractivity (Wildman–Crippen MR) is 105 cm³/mol. The number of hydrogen-bond acceptors (Lipinski definition) is 7. The van der Waals surface area contributed by atoms with Gasteiger partial charge in [0.2, 0.25) is 5.91 Å². The van der Waals surface area contributed by atoms with Crippen LogP contribution in [0.1, 0.15) is 12.0 Å². The number of carbonyl (C=O) groups is 1. The van der Waals surface area contributed by atoms with Gasteiger partial charge in [-0.25, -0.2) is 0 Å². The monoisotopic (exact) mass is 404 g/mol. The molecule has 0 bridgehead atoms. The highest BCUT2D eigenvalue weighted by Gasteiger charge is 2.21. The van der Waals surface area contributed by atoms with E-state index in [1.807, 2.05) is 35.6 Å². The van der Waals surface area contributed by atoms with Gasteiger partial charge >= 0.3 is 0 Å². The van der Waals surface area contributed by atoms with Crippen molar-refractivity contribution in [3.8, 4) is 22.9 Å². The summed E-state index contributed by atoms with van der Waals surface area (Å²) in [6, 6.07) is 3.95. The Kier molecular flexibility index (Phi) is 5.72. The van der Waals surface area contributed by atoms with Gasteiger partial charge in [0.25, 0.3) is 0 Å². The highest BCUT2D eigenvalue weighted by molar-refractivity contribution is 7.99. The van der Waals surface area contributed by atoms with Gasteiger partial charge < -0.3 is 23.7 Å². The van der Waals surface area contributed by atoms with Crippen LogP contribution in [0.3, 0.4) is 0 Å². The van der Waals surface area contributed by atoms with E-state index in [1.54, 1.807) is 0 Å². The molecule has 8 nitrogen and oxygen atoms in total. The van der Waals surface area contributed by atoms with E-state index in [9.17, 15) is 4.79 Å². The summed E-state index contributed by atoms with van der Waals surface area (Å²) in [5, 5.41) is 9.36. The lowest BCUT2D eigenvalue weighted by Crippen LogP contribution is -2.41. The van der Waals surface area contributed by atoms with Gasteiger partial charge in [-0.2, -0.15) is 0 Å². The lowest BCUT2D eigenvalue weighted by Gasteiger charge is -2.26. The van der Waals surface area contributed by atoms with Crippen LogP contribution in [-0.2, 0) is 16.6 Å². The summed E-state index contributed by atoms with van der Waals surface area (Å²) in [6.07, 6.45) is 0.866. The van der Waals surface area contributed by atoms with E-state index in [0.29, 0.717) is 50.4 Å². The molecular formula is C19H24N4O4S. The Morgan fingerprint density at radius 2 is 1.82 bits per heavy atom. The number of benzene rings is 1. The van der Waals surface area contributed by atoms with Crippen LogP contribution < -0.4 is 9.47 Å². The van der Waals surface area contributed by atoms with Gasteiger partial charge in [0.05, 0.1) is 32.2 Å². The summed E-state index contributed by atoms with van der Waals surface area (Å²) in [5.74, 6) is 2.69. The lowest BCUT2D eigenvalue weighted by atomic mass is 10.1. The minimum absolute atomic E-state index is 0.101. The fourth-order valence-electron chi connectivity index (χ4n) is 3.26. The van der Waals surface area contributed by atoms with E-state index in [1.165, 1.54) is 11.8 Å². The quantitative estimate of drug-likeness (QED) is 0.720. The van der Waals surface area contributed by atoms with Crippen LogP contribution in [0.25, 0.3) is 11.4 Å². The Bertz CT molecular complexity index is 864. The number of fused-ring (bicyclic) bond motifs is 1. The van der Waals surface area contributed by atoms with Crippen LogP contribution in [0.2, 0.25) is 0 Å². The van der Waals surface area contributed by atoms with E-state index in [4.69, 9.17) is 14.2 Å². The first kappa shape index (κ1) is 19.1. The molecule has 0 spiro atoms. The summed E-state index contributed by atoms with van der Waals surface area (Å²) < 4.78 is 18.8. The molecule has 9 heteroatoms. The standard InChI is InChI=1S/C19H24N4O4S/c1-13-10-15-16(27-7-3-6-26-15)11-14(13)18-20-21-19(22(18)2)28-12-17(24)23-4-8-25-9-5-23/h10-11H,3-9,12H2,1-2H3. The highest BCUT2D eigenvalue weighted by Crippen LogP contribution is 2.37. The van der Waals surface area contributed by atoms with Crippen molar-refractivity contribution in [2.75, 3.05) is 45.3 Å². The maximum atomic E-state index is 12.4. The molecule has 2 aliphatic rings. The zero-order valence-corrected chi connectivity index (χ0v) is 17.0. The molecule has 1 fully saturated rings. The second-order valence-electron chi connectivity index (χ2n) is 6.81. The number of amides is 1. The first-order valence-electron chi connectivity index (χ1n) is 9.42. The molecule has 0 unspecified atom stereocenters. The summed E-state index contributed by atoms with van der Waals surface area (Å²) in [4.78, 5) is 14.2. The van der Waals surface area contributed by atoms with Gasteiger partial charge in [0.15, 0.2) is 22.5 Å². The number of nitrogens with zero attached hydrogens (tertiary/aromatic N) is 4. The third-order valence-corrected chi connectivity index (χ3v) is 5.86. The molecule has 2 aromatic rings. The van der Waals surface area contributed by atoms with Crippen molar-refractivity contribution in [1.29, 1.82) is 0 Å². The molecule has 0 saturated carbocycles. The molecule has 3 heterocycles. The number of hydrogen-bond donors (Lipinski definition) is 0. The van der Waals surface area contributed by atoms with Crippen LogP contribution >= 0.6 is 11.8 Å². The molecule has 0 N–H and O–H groups in total. The number of rotatable bonds is 4. The third-order valence-electron chi connectivity index (χ3n) is 4.86. The third kappa shape index (κ3) is 3.95. The second-order valence-corrected chi connectivity index (χ2v) is 7.75. The Balaban J connectivity index is 1.50. The lowest BCUT2D eigenvalue weighted by molar-refractivity contribution is -0.132. The first-order chi connectivity index (χ1) is 13.6. The molecular weight excluding hydrogens is 380 g/mol. The first-order valence-corrected chi connectivity index (χ1v) is 10.4. The second kappa shape index (κ2) is 8.40. The molecule has 1 aromatic heterocycles.